The number of hydrogen-bond donors (Lipinski definition) is 1. The number of Topliss-reactive ketones (excluding diaryl/α,β-unsaturated/α-hetero) is 1. The topological polar surface area (TPSA) is 63.2 Å². The molecule has 0 radical (unpaired) electrons. The van der Waals surface area contributed by atoms with Gasteiger partial charge in [-0.1, -0.05) is 30.3 Å². The average molecular weight is 253 g/mol. The molecule has 92 valence electrons. The van der Waals surface area contributed by atoms with Gasteiger partial charge in [-0.25, -0.2) is 13.1 Å². The Hall–Kier alpha value is -1.20. The van der Waals surface area contributed by atoms with Gasteiger partial charge >= 0.3 is 0 Å². The highest BCUT2D eigenvalue weighted by atomic mass is 32.2. The second kappa shape index (κ2) is 4.98. The summed E-state index contributed by atoms with van der Waals surface area (Å²) in [5, 5.41) is 0. The van der Waals surface area contributed by atoms with E-state index < -0.39 is 10.0 Å². The average Bonchev–Trinajstić information content (AvgIpc) is 3.10. The molecule has 0 heterocycles. The van der Waals surface area contributed by atoms with Gasteiger partial charge in [0.25, 0.3) is 0 Å². The highest BCUT2D eigenvalue weighted by molar-refractivity contribution is 7.89. The van der Waals surface area contributed by atoms with Crippen molar-refractivity contribution in [2.75, 3.05) is 12.3 Å². The van der Waals surface area contributed by atoms with Crippen LogP contribution in [-0.4, -0.2) is 26.5 Å². The summed E-state index contributed by atoms with van der Waals surface area (Å²) in [5.41, 5.74) is 0.529. The standard InChI is InChI=1S/C12H15NO3S/c14-12(11-4-2-1-3-5-11)8-13-17(15,16)9-10-6-7-10/h1-5,10,13H,6-9H2. The van der Waals surface area contributed by atoms with Gasteiger partial charge in [-0.2, -0.15) is 0 Å². The van der Waals surface area contributed by atoms with E-state index in [0.29, 0.717) is 11.5 Å². The van der Waals surface area contributed by atoms with Crippen molar-refractivity contribution in [2.45, 2.75) is 12.8 Å². The summed E-state index contributed by atoms with van der Waals surface area (Å²) in [6.45, 7) is -0.154. The van der Waals surface area contributed by atoms with Crippen molar-refractivity contribution in [3.05, 3.63) is 35.9 Å². The second-order valence-corrected chi connectivity index (χ2v) is 6.19. The largest absolute Gasteiger partial charge is 0.293 e. The van der Waals surface area contributed by atoms with Crippen molar-refractivity contribution in [1.29, 1.82) is 0 Å². The van der Waals surface area contributed by atoms with Crippen LogP contribution in [0.4, 0.5) is 0 Å². The zero-order chi connectivity index (χ0) is 12.3. The molecule has 17 heavy (non-hydrogen) atoms. The molecule has 0 unspecified atom stereocenters. The number of rotatable bonds is 6. The van der Waals surface area contributed by atoms with Crippen LogP contribution in [0.3, 0.4) is 0 Å². The van der Waals surface area contributed by atoms with Crippen molar-refractivity contribution in [2.24, 2.45) is 5.92 Å². The third-order valence-electron chi connectivity index (χ3n) is 2.70. The lowest BCUT2D eigenvalue weighted by Gasteiger charge is -2.05. The lowest BCUT2D eigenvalue weighted by molar-refractivity contribution is 0.0997. The first kappa shape index (κ1) is 12.3. The van der Waals surface area contributed by atoms with E-state index in [1.165, 1.54) is 0 Å². The van der Waals surface area contributed by atoms with E-state index in [1.54, 1.807) is 24.3 Å². The summed E-state index contributed by atoms with van der Waals surface area (Å²) < 4.78 is 25.5. The SMILES string of the molecule is O=C(CNS(=O)(=O)CC1CC1)c1ccccc1. The highest BCUT2D eigenvalue weighted by Crippen LogP contribution is 2.29. The Labute approximate surface area is 101 Å². The maximum atomic E-state index is 11.7. The molecule has 0 bridgehead atoms. The fourth-order valence-electron chi connectivity index (χ4n) is 1.56. The molecule has 1 aliphatic rings. The van der Waals surface area contributed by atoms with Crippen molar-refractivity contribution >= 4 is 15.8 Å². The van der Waals surface area contributed by atoms with Crippen LogP contribution in [0.5, 0.6) is 0 Å². The van der Waals surface area contributed by atoms with E-state index >= 15 is 0 Å². The molecule has 5 heteroatoms. The van der Waals surface area contributed by atoms with E-state index in [-0.39, 0.29) is 18.1 Å². The van der Waals surface area contributed by atoms with Crippen LogP contribution in [0.25, 0.3) is 0 Å². The third-order valence-corrected chi connectivity index (χ3v) is 4.19. The van der Waals surface area contributed by atoms with Gasteiger partial charge in [-0.3, -0.25) is 4.79 Å². The maximum Gasteiger partial charge on any atom is 0.212 e. The molecule has 2 rings (SSSR count). The number of carbonyl (C=O) groups is 1. The van der Waals surface area contributed by atoms with Crippen molar-refractivity contribution in [3.8, 4) is 0 Å². The first-order valence-corrected chi connectivity index (χ1v) is 7.28. The number of benzene rings is 1. The third kappa shape index (κ3) is 3.94. The van der Waals surface area contributed by atoms with Crippen LogP contribution >= 0.6 is 0 Å². The van der Waals surface area contributed by atoms with Crippen molar-refractivity contribution in [3.63, 3.8) is 0 Å². The number of nitrogens with one attached hydrogen (secondary N) is 1. The van der Waals surface area contributed by atoms with Gasteiger partial charge < -0.3 is 0 Å². The van der Waals surface area contributed by atoms with Crippen molar-refractivity contribution < 1.29 is 13.2 Å². The molecule has 1 N–H and O–H groups in total. The maximum absolute atomic E-state index is 11.7. The lowest BCUT2D eigenvalue weighted by Crippen LogP contribution is -2.32. The Morgan fingerprint density at radius 3 is 2.47 bits per heavy atom. The molecule has 1 fully saturated rings. The first-order chi connectivity index (χ1) is 8.07. The molecular formula is C12H15NO3S. The molecule has 0 aliphatic heterocycles. The van der Waals surface area contributed by atoms with Crippen LogP contribution in [0.1, 0.15) is 23.2 Å². The molecule has 4 nitrogen and oxygen atoms in total. The Kier molecular flexibility index (Phi) is 3.59. The van der Waals surface area contributed by atoms with E-state index in [2.05, 4.69) is 4.72 Å². The monoisotopic (exact) mass is 253 g/mol. The van der Waals surface area contributed by atoms with Gasteiger partial charge in [-0.15, -0.1) is 0 Å². The van der Waals surface area contributed by atoms with Crippen LogP contribution in [0.2, 0.25) is 0 Å². The fraction of sp³-hybridized carbons (Fsp3) is 0.417. The van der Waals surface area contributed by atoms with Crippen LogP contribution in [0.15, 0.2) is 30.3 Å². The Balaban J connectivity index is 1.87. The number of sulfonamides is 1. The van der Waals surface area contributed by atoms with Gasteiger partial charge in [0, 0.05) is 5.56 Å². The molecule has 0 atom stereocenters. The zero-order valence-corrected chi connectivity index (χ0v) is 10.2. The second-order valence-electron chi connectivity index (χ2n) is 4.34. The van der Waals surface area contributed by atoms with Gasteiger partial charge in [0.05, 0.1) is 12.3 Å². The summed E-state index contributed by atoms with van der Waals surface area (Å²) in [6, 6.07) is 8.68. The Morgan fingerprint density at radius 1 is 1.24 bits per heavy atom. The molecule has 1 aromatic rings. The lowest BCUT2D eigenvalue weighted by atomic mass is 10.1. The Bertz CT molecular complexity index is 492. The van der Waals surface area contributed by atoms with Gasteiger partial charge in [0.2, 0.25) is 10.0 Å². The molecule has 1 aliphatic carbocycles. The smallest absolute Gasteiger partial charge is 0.212 e. The van der Waals surface area contributed by atoms with E-state index in [9.17, 15) is 13.2 Å². The fourth-order valence-corrected chi connectivity index (χ4v) is 2.98. The predicted octanol–water partition coefficient (Wildman–Crippen LogP) is 1.20. The summed E-state index contributed by atoms with van der Waals surface area (Å²) >= 11 is 0. The first-order valence-electron chi connectivity index (χ1n) is 5.62. The summed E-state index contributed by atoms with van der Waals surface area (Å²) in [6.07, 6.45) is 1.96. The van der Waals surface area contributed by atoms with Crippen LogP contribution in [-0.2, 0) is 10.0 Å². The minimum absolute atomic E-state index is 0.148. The van der Waals surface area contributed by atoms with Crippen molar-refractivity contribution in [1.82, 2.24) is 4.72 Å². The molecule has 0 saturated heterocycles. The zero-order valence-electron chi connectivity index (χ0n) is 9.43. The molecule has 1 aromatic carbocycles. The van der Waals surface area contributed by atoms with E-state index in [4.69, 9.17) is 0 Å². The predicted molar refractivity (Wildman–Crippen MR) is 65.3 cm³/mol. The molecule has 0 amide bonds. The van der Waals surface area contributed by atoms with E-state index in [0.717, 1.165) is 12.8 Å². The molecule has 0 spiro atoms. The van der Waals surface area contributed by atoms with Crippen LogP contribution in [0, 0.1) is 5.92 Å². The quantitative estimate of drug-likeness (QED) is 0.775. The molecule has 0 aromatic heterocycles. The summed E-state index contributed by atoms with van der Waals surface area (Å²) in [7, 11) is -3.29. The summed E-state index contributed by atoms with van der Waals surface area (Å²) in [5.74, 6) is 0.235. The minimum Gasteiger partial charge on any atom is -0.293 e. The number of ketones is 1. The number of carbonyl (C=O) groups excluding carboxylic acids is 1. The summed E-state index contributed by atoms with van der Waals surface area (Å²) in [4.78, 5) is 11.7. The van der Waals surface area contributed by atoms with E-state index in [1.807, 2.05) is 6.07 Å². The minimum atomic E-state index is -3.29. The molecular weight excluding hydrogens is 238 g/mol. The van der Waals surface area contributed by atoms with Crippen LogP contribution < -0.4 is 4.72 Å². The van der Waals surface area contributed by atoms with Gasteiger partial charge in [0.15, 0.2) is 5.78 Å². The highest BCUT2D eigenvalue weighted by Gasteiger charge is 2.28. The normalized spacial score (nSPS) is 15.8. The van der Waals surface area contributed by atoms with Gasteiger partial charge in [0.1, 0.15) is 0 Å². The Morgan fingerprint density at radius 2 is 1.88 bits per heavy atom. The molecule has 1 saturated carbocycles. The number of hydrogen-bond acceptors (Lipinski definition) is 3. The van der Waals surface area contributed by atoms with Gasteiger partial charge in [-0.05, 0) is 18.8 Å².